The first-order valence-corrected chi connectivity index (χ1v) is 13.5. The molecular weight excluding hydrogens is 576 g/mol. The number of hydrogen-bond donors (Lipinski definition) is 2. The molecule has 4 rings (SSSR count). The molecule has 1 aliphatic heterocycles. The Balaban J connectivity index is 0.00000280. The number of benzene rings is 2. The van der Waals surface area contributed by atoms with Gasteiger partial charge in [-0.05, 0) is 67.4 Å². The van der Waals surface area contributed by atoms with Gasteiger partial charge in [-0.1, -0.05) is 24.3 Å². The van der Waals surface area contributed by atoms with Crippen molar-refractivity contribution in [2.24, 2.45) is 0 Å². The molecule has 3 aromatic rings. The number of aryl methyl sites for hydroxylation is 2. The van der Waals surface area contributed by atoms with E-state index in [0.717, 1.165) is 44.5 Å². The summed E-state index contributed by atoms with van der Waals surface area (Å²) in [6.07, 6.45) is 0. The fourth-order valence-electron chi connectivity index (χ4n) is 4.46. The van der Waals surface area contributed by atoms with Crippen LogP contribution in [0, 0.1) is 19.7 Å². The number of rotatable bonds is 11. The second-order valence-corrected chi connectivity index (χ2v) is 10.5. The van der Waals surface area contributed by atoms with Crippen LogP contribution in [-0.4, -0.2) is 71.8 Å². The first kappa shape index (κ1) is 33.4. The summed E-state index contributed by atoms with van der Waals surface area (Å²) in [6.45, 7) is 8.92. The number of hydrazine groups is 1. The Hall–Kier alpha value is -2.83. The van der Waals surface area contributed by atoms with Crippen molar-refractivity contribution >= 4 is 53.7 Å². The molecule has 0 unspecified atom stereocenters. The van der Waals surface area contributed by atoms with E-state index in [0.29, 0.717) is 26.2 Å². The number of anilines is 1. The molecular formula is C27H36Cl2FN7O2S. The molecule has 2 N–H and O–H groups in total. The molecule has 0 bridgehead atoms. The zero-order chi connectivity index (χ0) is 27.2. The number of aromatic nitrogens is 2. The number of fused-ring (bicyclic) bond motifs is 1. The van der Waals surface area contributed by atoms with Crippen molar-refractivity contribution in [3.8, 4) is 10.6 Å². The largest absolute Gasteiger partial charge is 0.353 e. The van der Waals surface area contributed by atoms with Gasteiger partial charge in [0.25, 0.3) is 5.91 Å². The zero-order valence-corrected chi connectivity index (χ0v) is 25.5. The summed E-state index contributed by atoms with van der Waals surface area (Å²) in [5.41, 5.74) is 4.54. The average Bonchev–Trinajstić information content (AvgIpc) is 3.51. The van der Waals surface area contributed by atoms with Gasteiger partial charge in [0.1, 0.15) is 15.8 Å². The first-order chi connectivity index (χ1) is 18.2. The number of nitrogens with zero attached hydrogens (tertiary/aromatic N) is 5. The van der Waals surface area contributed by atoms with Gasteiger partial charge >= 0.3 is 0 Å². The van der Waals surface area contributed by atoms with Crippen molar-refractivity contribution in [3.05, 3.63) is 63.9 Å². The summed E-state index contributed by atoms with van der Waals surface area (Å²) < 4.78 is 13.7. The van der Waals surface area contributed by atoms with Gasteiger partial charge in [0.2, 0.25) is 5.91 Å². The first-order valence-electron chi connectivity index (χ1n) is 12.7. The van der Waals surface area contributed by atoms with E-state index in [1.807, 2.05) is 44.0 Å². The molecule has 218 valence electrons. The summed E-state index contributed by atoms with van der Waals surface area (Å²) >= 11 is 1.52. The number of likely N-dealkylation sites (N-methyl/N-ethyl adjacent to an activating group) is 2. The molecule has 1 aromatic heterocycles. The molecule has 2 heterocycles. The zero-order valence-electron chi connectivity index (χ0n) is 23.1. The second-order valence-electron chi connectivity index (χ2n) is 9.34. The Morgan fingerprint density at radius 2 is 1.77 bits per heavy atom. The highest BCUT2D eigenvalue weighted by Gasteiger charge is 2.27. The third-order valence-corrected chi connectivity index (χ3v) is 7.39. The van der Waals surface area contributed by atoms with Crippen LogP contribution in [0.15, 0.2) is 36.4 Å². The van der Waals surface area contributed by atoms with Crippen molar-refractivity contribution in [3.63, 3.8) is 0 Å². The Bertz CT molecular complexity index is 1310. The molecule has 2 aromatic carbocycles. The van der Waals surface area contributed by atoms with Gasteiger partial charge in [0.15, 0.2) is 0 Å². The highest BCUT2D eigenvalue weighted by Crippen LogP contribution is 2.29. The lowest BCUT2D eigenvalue weighted by atomic mass is 10.1. The van der Waals surface area contributed by atoms with Gasteiger partial charge in [0.05, 0.1) is 13.1 Å². The lowest BCUT2D eigenvalue weighted by molar-refractivity contribution is -0.145. The monoisotopic (exact) mass is 611 g/mol. The summed E-state index contributed by atoms with van der Waals surface area (Å²) in [5.74, 6) is -0.610. The van der Waals surface area contributed by atoms with Crippen molar-refractivity contribution in [2.75, 3.05) is 44.7 Å². The van der Waals surface area contributed by atoms with Crippen LogP contribution < -0.4 is 15.5 Å². The highest BCUT2D eigenvalue weighted by molar-refractivity contribution is 7.14. The van der Waals surface area contributed by atoms with Crippen molar-refractivity contribution in [1.82, 2.24) is 30.8 Å². The van der Waals surface area contributed by atoms with Gasteiger partial charge in [-0.25, -0.2) is 9.40 Å². The number of halogens is 3. The van der Waals surface area contributed by atoms with E-state index in [1.165, 1.54) is 23.5 Å². The van der Waals surface area contributed by atoms with Crippen LogP contribution in [0.5, 0.6) is 0 Å². The maximum absolute atomic E-state index is 13.7. The Morgan fingerprint density at radius 3 is 2.45 bits per heavy atom. The predicted octanol–water partition coefficient (Wildman–Crippen LogP) is 3.73. The molecule has 0 aliphatic carbocycles. The van der Waals surface area contributed by atoms with Crippen molar-refractivity contribution in [1.29, 1.82) is 0 Å². The predicted molar refractivity (Wildman–Crippen MR) is 161 cm³/mol. The topological polar surface area (TPSA) is 93.7 Å². The van der Waals surface area contributed by atoms with Crippen LogP contribution in [0.25, 0.3) is 10.6 Å². The van der Waals surface area contributed by atoms with Crippen LogP contribution >= 0.6 is 36.2 Å². The number of carbonyl (C=O) groups excluding carboxylic acids is 2. The maximum atomic E-state index is 13.7. The van der Waals surface area contributed by atoms with Gasteiger partial charge in [-0.2, -0.15) is 0 Å². The highest BCUT2D eigenvalue weighted by atomic mass is 35.5. The third-order valence-electron chi connectivity index (χ3n) is 6.50. The van der Waals surface area contributed by atoms with E-state index < -0.39 is 0 Å². The van der Waals surface area contributed by atoms with Crippen LogP contribution in [0.4, 0.5) is 10.1 Å². The molecule has 0 saturated carbocycles. The van der Waals surface area contributed by atoms with E-state index in [2.05, 4.69) is 20.8 Å². The van der Waals surface area contributed by atoms with Crippen molar-refractivity contribution < 1.29 is 14.0 Å². The number of hydrogen-bond acceptors (Lipinski definition) is 8. The van der Waals surface area contributed by atoms with Gasteiger partial charge in [0, 0.05) is 44.5 Å². The van der Waals surface area contributed by atoms with E-state index in [9.17, 15) is 14.0 Å². The summed E-state index contributed by atoms with van der Waals surface area (Å²) in [5, 5.41) is 19.6. The third kappa shape index (κ3) is 8.34. The minimum Gasteiger partial charge on any atom is -0.353 e. The molecule has 0 saturated heterocycles. The van der Waals surface area contributed by atoms with Gasteiger partial charge in [-0.3, -0.25) is 14.6 Å². The van der Waals surface area contributed by atoms with E-state index >= 15 is 0 Å². The van der Waals surface area contributed by atoms with Crippen LogP contribution in [-0.2, 0) is 22.7 Å². The maximum Gasteiger partial charge on any atom is 0.256 e. The van der Waals surface area contributed by atoms with Crippen LogP contribution in [0.3, 0.4) is 0 Å². The van der Waals surface area contributed by atoms with Gasteiger partial charge in [-0.15, -0.1) is 35.0 Å². The molecule has 13 heteroatoms. The Kier molecular flexibility index (Phi) is 12.7. The fourth-order valence-corrected chi connectivity index (χ4v) is 5.15. The number of amides is 2. The van der Waals surface area contributed by atoms with Crippen LogP contribution in [0.2, 0.25) is 0 Å². The molecule has 0 atom stereocenters. The molecule has 9 nitrogen and oxygen atoms in total. The smallest absolute Gasteiger partial charge is 0.256 e. The van der Waals surface area contributed by atoms with Gasteiger partial charge < -0.3 is 15.5 Å². The average molecular weight is 613 g/mol. The summed E-state index contributed by atoms with van der Waals surface area (Å²) in [7, 11) is 1.72. The van der Waals surface area contributed by atoms with E-state index in [-0.39, 0.29) is 55.5 Å². The Labute approximate surface area is 250 Å². The summed E-state index contributed by atoms with van der Waals surface area (Å²) in [4.78, 5) is 28.0. The molecule has 0 radical (unpaired) electrons. The van der Waals surface area contributed by atoms with E-state index in [1.54, 1.807) is 23.0 Å². The second kappa shape index (κ2) is 15.2. The Morgan fingerprint density at radius 1 is 1.02 bits per heavy atom. The minimum absolute atomic E-state index is 0. The molecule has 0 spiro atoms. The molecule has 0 fully saturated rings. The number of nitrogens with one attached hydrogen (secondary N) is 2. The number of carbonyl (C=O) groups is 2. The molecule has 2 amide bonds. The molecule has 1 aliphatic rings. The van der Waals surface area contributed by atoms with Crippen molar-refractivity contribution in [2.45, 2.75) is 33.9 Å². The van der Waals surface area contributed by atoms with Crippen LogP contribution in [0.1, 0.15) is 28.6 Å². The quantitative estimate of drug-likeness (QED) is 0.319. The normalized spacial score (nSPS) is 12.2. The van der Waals surface area contributed by atoms with E-state index in [4.69, 9.17) is 0 Å². The lowest BCUT2D eigenvalue weighted by Crippen LogP contribution is -2.48. The fraction of sp³-hybridized carbons (Fsp3) is 0.407. The SMILES string of the molecule is CCNCCNC(=O)CN(CC(=O)N(C)N1Cc2ccc(F)cc2C1)c1ccc(-c2nnc(C)s2)cc1C.Cl.Cl. The standard InChI is InChI=1S/C27H34FN7O2S.2ClH/c1-5-29-10-11-30-25(36)16-34(24-9-7-20(12-18(24)2)27-32-31-19(3)38-27)17-26(37)33(4)35-14-21-6-8-23(28)13-22(21)15-35;;/h6-9,12-13,29H,5,10-11,14-17H2,1-4H3,(H,30,36);2*1H. The summed E-state index contributed by atoms with van der Waals surface area (Å²) in [6, 6.07) is 10.6. The molecule has 40 heavy (non-hydrogen) atoms. The minimum atomic E-state index is -0.284. The lowest BCUT2D eigenvalue weighted by Gasteiger charge is -2.32.